The normalized spacial score (nSPS) is 14.3. The van der Waals surface area contributed by atoms with Gasteiger partial charge in [0.1, 0.15) is 6.10 Å². The summed E-state index contributed by atoms with van der Waals surface area (Å²) in [4.78, 5) is 12.5. The largest absolute Gasteiger partial charge is 0.387 e. The Morgan fingerprint density at radius 2 is 0.978 bits per heavy atom. The lowest BCUT2D eigenvalue weighted by Gasteiger charge is -2.22. The van der Waals surface area contributed by atoms with E-state index in [1.165, 1.54) is 128 Å². The van der Waals surface area contributed by atoms with Crippen molar-refractivity contribution in [1.82, 2.24) is 5.32 Å². The Bertz CT molecular complexity index is 844. The zero-order valence-corrected chi connectivity index (χ0v) is 30.6. The maximum absolute atomic E-state index is 12.5. The number of carbonyl (C=O) groups excluding carboxylic acids is 1. The fraction of sp³-hybridized carbons (Fsp3) is 0.868. The van der Waals surface area contributed by atoms with Gasteiger partial charge in [-0.15, -0.1) is 0 Å². The van der Waals surface area contributed by atoms with E-state index in [2.05, 4.69) is 31.3 Å². The van der Waals surface area contributed by atoms with E-state index < -0.39 is 40.0 Å². The second-order valence-electron chi connectivity index (χ2n) is 13.3. The molecular formula is C38H73NO6S. The molecule has 0 radical (unpaired) electrons. The summed E-state index contributed by atoms with van der Waals surface area (Å²) in [6, 6.07) is -1.24. The van der Waals surface area contributed by atoms with Crippen molar-refractivity contribution < 1.29 is 28.0 Å². The van der Waals surface area contributed by atoms with Crippen LogP contribution in [0.5, 0.6) is 0 Å². The minimum atomic E-state index is -4.44. The van der Waals surface area contributed by atoms with Crippen LogP contribution in [0.25, 0.3) is 0 Å². The number of rotatable bonds is 34. The molecule has 0 saturated carbocycles. The zero-order valence-electron chi connectivity index (χ0n) is 29.8. The van der Waals surface area contributed by atoms with Gasteiger partial charge in [-0.3, -0.25) is 9.35 Å². The van der Waals surface area contributed by atoms with E-state index in [4.69, 9.17) is 0 Å². The van der Waals surface area contributed by atoms with Crippen LogP contribution >= 0.6 is 0 Å². The third-order valence-corrected chi connectivity index (χ3v) is 9.52. The summed E-state index contributed by atoms with van der Waals surface area (Å²) in [5, 5.41) is 23.3. The van der Waals surface area contributed by atoms with Crippen LogP contribution in [0.2, 0.25) is 0 Å². The van der Waals surface area contributed by atoms with Gasteiger partial charge in [0, 0.05) is 0 Å². The van der Waals surface area contributed by atoms with Gasteiger partial charge in [0.15, 0.2) is 0 Å². The molecule has 0 rings (SSSR count). The molecule has 0 aliphatic heterocycles. The van der Waals surface area contributed by atoms with Crippen LogP contribution < -0.4 is 5.32 Å². The van der Waals surface area contributed by atoms with E-state index in [0.717, 1.165) is 32.1 Å². The lowest BCUT2D eigenvalue weighted by atomic mass is 10.0. The average molecular weight is 672 g/mol. The van der Waals surface area contributed by atoms with Crippen LogP contribution in [0, 0.1) is 0 Å². The molecule has 272 valence electrons. The molecule has 4 N–H and O–H groups in total. The Morgan fingerprint density at radius 1 is 0.587 bits per heavy atom. The monoisotopic (exact) mass is 672 g/mol. The summed E-state index contributed by atoms with van der Waals surface area (Å²) >= 11 is 0. The van der Waals surface area contributed by atoms with Crippen molar-refractivity contribution in [2.24, 2.45) is 0 Å². The van der Waals surface area contributed by atoms with Gasteiger partial charge in [-0.1, -0.05) is 179 Å². The zero-order chi connectivity index (χ0) is 34.1. The van der Waals surface area contributed by atoms with Crippen LogP contribution in [-0.2, 0) is 14.9 Å². The second-order valence-corrected chi connectivity index (χ2v) is 14.8. The highest BCUT2D eigenvalue weighted by Gasteiger charge is 2.27. The molecule has 0 bridgehead atoms. The summed E-state index contributed by atoms with van der Waals surface area (Å²) in [6.07, 6.45) is 36.7. The molecule has 0 saturated heterocycles. The molecular weight excluding hydrogens is 598 g/mol. The van der Waals surface area contributed by atoms with E-state index >= 15 is 0 Å². The highest BCUT2D eigenvalue weighted by Crippen LogP contribution is 2.14. The summed E-state index contributed by atoms with van der Waals surface area (Å²) in [6.45, 7) is 4.48. The Balaban J connectivity index is 4.12. The predicted molar refractivity (Wildman–Crippen MR) is 195 cm³/mol. The maximum Gasteiger partial charge on any atom is 0.267 e. The summed E-state index contributed by atoms with van der Waals surface area (Å²) in [5.41, 5.74) is 0. The molecule has 46 heavy (non-hydrogen) atoms. The quantitative estimate of drug-likeness (QED) is 0.0307. The minimum Gasteiger partial charge on any atom is -0.387 e. The molecule has 3 atom stereocenters. The molecule has 8 heteroatoms. The molecule has 0 aromatic rings. The highest BCUT2D eigenvalue weighted by molar-refractivity contribution is 7.85. The van der Waals surface area contributed by atoms with Crippen molar-refractivity contribution in [3.8, 4) is 0 Å². The smallest absolute Gasteiger partial charge is 0.267 e. The molecule has 7 nitrogen and oxygen atoms in total. The van der Waals surface area contributed by atoms with E-state index in [0.29, 0.717) is 12.8 Å². The molecule has 0 aromatic heterocycles. The number of nitrogens with one attached hydrogen (secondary N) is 1. The van der Waals surface area contributed by atoms with Crippen molar-refractivity contribution >= 4 is 16.0 Å². The number of carbonyl (C=O) groups is 1. The SMILES string of the molecule is CCCCCCCCCCCCCC/C=C/CC/C=C/C(O)C(CS(=O)(=O)O)NC(=O)C(O)CCCCCCCCCCCCC. The van der Waals surface area contributed by atoms with Gasteiger partial charge < -0.3 is 15.5 Å². The highest BCUT2D eigenvalue weighted by atomic mass is 32.2. The third-order valence-electron chi connectivity index (χ3n) is 8.74. The van der Waals surface area contributed by atoms with Crippen LogP contribution in [0.3, 0.4) is 0 Å². The van der Waals surface area contributed by atoms with Gasteiger partial charge in [0.05, 0.1) is 17.9 Å². The first-order valence-electron chi connectivity index (χ1n) is 19.1. The fourth-order valence-electron chi connectivity index (χ4n) is 5.77. The van der Waals surface area contributed by atoms with E-state index in [1.807, 2.05) is 0 Å². The van der Waals surface area contributed by atoms with Crippen molar-refractivity contribution in [3.05, 3.63) is 24.3 Å². The van der Waals surface area contributed by atoms with Gasteiger partial charge in [0.25, 0.3) is 10.1 Å². The Labute approximate surface area is 284 Å². The van der Waals surface area contributed by atoms with Crippen LogP contribution in [-0.4, -0.2) is 53.1 Å². The number of aliphatic hydroxyl groups is 2. The average Bonchev–Trinajstić information content (AvgIpc) is 3.01. The van der Waals surface area contributed by atoms with Crippen molar-refractivity contribution in [1.29, 1.82) is 0 Å². The van der Waals surface area contributed by atoms with Gasteiger partial charge in [-0.25, -0.2) is 0 Å². The van der Waals surface area contributed by atoms with Crippen LogP contribution in [0.15, 0.2) is 24.3 Å². The first-order valence-corrected chi connectivity index (χ1v) is 20.8. The van der Waals surface area contributed by atoms with Crippen molar-refractivity contribution in [2.45, 2.75) is 205 Å². The molecule has 0 fully saturated rings. The summed E-state index contributed by atoms with van der Waals surface area (Å²) in [7, 11) is -4.44. The summed E-state index contributed by atoms with van der Waals surface area (Å²) in [5.74, 6) is -1.55. The Kier molecular flexibility index (Phi) is 31.5. The van der Waals surface area contributed by atoms with Gasteiger partial charge in [-0.05, 0) is 32.1 Å². The molecule has 0 spiro atoms. The molecule has 0 aliphatic rings. The Morgan fingerprint density at radius 3 is 1.43 bits per heavy atom. The third kappa shape index (κ3) is 31.4. The number of amides is 1. The first-order chi connectivity index (χ1) is 22.2. The first kappa shape index (κ1) is 44.8. The number of hydrogen-bond acceptors (Lipinski definition) is 5. The molecule has 0 heterocycles. The van der Waals surface area contributed by atoms with Gasteiger partial charge in [0.2, 0.25) is 5.91 Å². The topological polar surface area (TPSA) is 124 Å². The van der Waals surface area contributed by atoms with Gasteiger partial charge in [-0.2, -0.15) is 8.42 Å². The lowest BCUT2D eigenvalue weighted by molar-refractivity contribution is -0.130. The van der Waals surface area contributed by atoms with E-state index in [1.54, 1.807) is 6.08 Å². The number of aliphatic hydroxyl groups excluding tert-OH is 2. The van der Waals surface area contributed by atoms with Crippen LogP contribution in [0.4, 0.5) is 0 Å². The van der Waals surface area contributed by atoms with Crippen molar-refractivity contribution in [2.75, 3.05) is 5.75 Å². The fourth-order valence-corrected chi connectivity index (χ4v) is 6.50. The van der Waals surface area contributed by atoms with E-state index in [9.17, 15) is 28.0 Å². The van der Waals surface area contributed by atoms with Crippen LogP contribution in [0.1, 0.15) is 187 Å². The van der Waals surface area contributed by atoms with Gasteiger partial charge >= 0.3 is 0 Å². The number of hydrogen-bond donors (Lipinski definition) is 4. The van der Waals surface area contributed by atoms with E-state index in [-0.39, 0.29) is 6.42 Å². The number of allylic oxidation sites excluding steroid dienone is 3. The minimum absolute atomic E-state index is 0.277. The number of unbranched alkanes of at least 4 members (excludes halogenated alkanes) is 23. The maximum atomic E-state index is 12.5. The molecule has 0 aliphatic carbocycles. The molecule has 3 unspecified atom stereocenters. The second kappa shape index (κ2) is 32.3. The Hall–Kier alpha value is -1.22. The summed E-state index contributed by atoms with van der Waals surface area (Å²) < 4.78 is 32.4. The van der Waals surface area contributed by atoms with Crippen molar-refractivity contribution in [3.63, 3.8) is 0 Å². The lowest BCUT2D eigenvalue weighted by Crippen LogP contribution is -2.50. The molecule has 1 amide bonds. The molecule has 0 aromatic carbocycles. The predicted octanol–water partition coefficient (Wildman–Crippen LogP) is 9.77. The standard InChI is InChI=1S/C38H73NO6S/c1-3-5-7-9-11-13-15-16-17-18-19-20-21-23-24-26-28-30-32-36(40)35(34-46(43,44)45)39-38(42)37(41)33-31-29-27-25-22-14-12-10-8-6-4-2/h23-24,30,32,35-37,40-41H,3-22,25-29,31,33-34H2,1-2H3,(H,39,42)(H,43,44,45)/b24-23+,32-30+.